The zero-order valence-corrected chi connectivity index (χ0v) is 12.6. The molecule has 21 heavy (non-hydrogen) atoms. The molecule has 1 aromatic heterocycles. The van der Waals surface area contributed by atoms with Crippen molar-refractivity contribution >= 4 is 16.6 Å². The largest absolute Gasteiger partial charge is 0.384 e. The van der Waals surface area contributed by atoms with Gasteiger partial charge in [0.25, 0.3) is 0 Å². The first-order valence-corrected chi connectivity index (χ1v) is 7.08. The third kappa shape index (κ3) is 2.59. The smallest absolute Gasteiger partial charge is 0.136 e. The van der Waals surface area contributed by atoms with Crippen molar-refractivity contribution in [1.29, 1.82) is 0 Å². The Morgan fingerprint density at radius 2 is 1.62 bits per heavy atom. The lowest BCUT2D eigenvalue weighted by Gasteiger charge is -2.18. The van der Waals surface area contributed by atoms with E-state index in [9.17, 15) is 0 Å². The molecular weight excluding hydrogens is 258 g/mol. The molecule has 0 spiro atoms. The average Bonchev–Trinajstić information content (AvgIpc) is 2.45. The van der Waals surface area contributed by atoms with E-state index in [2.05, 4.69) is 50.0 Å². The minimum atomic E-state index is -0.130. The van der Waals surface area contributed by atoms with Gasteiger partial charge in [0.1, 0.15) is 11.6 Å². The first-order chi connectivity index (χ1) is 9.95. The lowest BCUT2D eigenvalue weighted by atomic mass is 9.95. The summed E-state index contributed by atoms with van der Waals surface area (Å²) in [6.07, 6.45) is 0. The summed E-state index contributed by atoms with van der Waals surface area (Å²) in [7, 11) is 0. The molecule has 3 heteroatoms. The molecule has 0 bridgehead atoms. The molecule has 0 amide bonds. The normalized spacial score (nSPS) is 11.8. The van der Waals surface area contributed by atoms with E-state index < -0.39 is 0 Å². The molecule has 3 nitrogen and oxygen atoms in total. The summed E-state index contributed by atoms with van der Waals surface area (Å²) >= 11 is 0. The van der Waals surface area contributed by atoms with Gasteiger partial charge in [0.2, 0.25) is 0 Å². The highest BCUT2D eigenvalue weighted by Gasteiger charge is 2.19. The average molecular weight is 277 g/mol. The van der Waals surface area contributed by atoms with Crippen molar-refractivity contribution in [1.82, 2.24) is 9.97 Å². The standard InChI is InChI=1S/C18H19N3/c1-18(2,3)17-20-15(11-16(19)21-17)14-10-6-8-12-7-4-5-9-13(12)14/h4-11H,1-3H3,(H2,19,20,21). The van der Waals surface area contributed by atoms with E-state index >= 15 is 0 Å². The van der Waals surface area contributed by atoms with Gasteiger partial charge in [-0.2, -0.15) is 0 Å². The molecular formula is C18H19N3. The number of nitrogen functional groups attached to an aromatic ring is 1. The van der Waals surface area contributed by atoms with Crippen LogP contribution in [0, 0.1) is 0 Å². The van der Waals surface area contributed by atoms with E-state index in [-0.39, 0.29) is 5.41 Å². The molecule has 2 N–H and O–H groups in total. The van der Waals surface area contributed by atoms with Crippen LogP contribution in [0.15, 0.2) is 48.5 Å². The quantitative estimate of drug-likeness (QED) is 0.726. The van der Waals surface area contributed by atoms with Gasteiger partial charge in [0.05, 0.1) is 5.69 Å². The number of anilines is 1. The van der Waals surface area contributed by atoms with E-state index in [1.54, 1.807) is 0 Å². The van der Waals surface area contributed by atoms with Crippen molar-refractivity contribution in [2.45, 2.75) is 26.2 Å². The van der Waals surface area contributed by atoms with Crippen LogP contribution in [0.4, 0.5) is 5.82 Å². The highest BCUT2D eigenvalue weighted by atomic mass is 15.0. The number of nitrogens with zero attached hydrogens (tertiary/aromatic N) is 2. The molecule has 3 aromatic rings. The molecule has 3 rings (SSSR count). The molecule has 0 saturated carbocycles. The fraction of sp³-hybridized carbons (Fsp3) is 0.222. The zero-order valence-electron chi connectivity index (χ0n) is 12.6. The van der Waals surface area contributed by atoms with E-state index in [0.29, 0.717) is 5.82 Å². The van der Waals surface area contributed by atoms with Crippen molar-refractivity contribution in [3.05, 3.63) is 54.4 Å². The fourth-order valence-corrected chi connectivity index (χ4v) is 2.39. The summed E-state index contributed by atoms with van der Waals surface area (Å²) in [5.74, 6) is 1.28. The molecule has 106 valence electrons. The molecule has 0 aliphatic heterocycles. The number of nitrogens with two attached hydrogens (primary N) is 1. The predicted molar refractivity (Wildman–Crippen MR) is 88.1 cm³/mol. The van der Waals surface area contributed by atoms with Gasteiger partial charge in [-0.25, -0.2) is 9.97 Å². The predicted octanol–water partition coefficient (Wildman–Crippen LogP) is 4.18. The van der Waals surface area contributed by atoms with Crippen LogP contribution >= 0.6 is 0 Å². The van der Waals surface area contributed by atoms with Crippen LogP contribution < -0.4 is 5.73 Å². The van der Waals surface area contributed by atoms with Gasteiger partial charge < -0.3 is 5.73 Å². The first-order valence-electron chi connectivity index (χ1n) is 7.08. The summed E-state index contributed by atoms with van der Waals surface area (Å²) in [4.78, 5) is 9.11. The number of fused-ring (bicyclic) bond motifs is 1. The molecule has 0 aliphatic rings. The third-order valence-corrected chi connectivity index (χ3v) is 3.48. The molecule has 1 heterocycles. The topological polar surface area (TPSA) is 51.8 Å². The van der Waals surface area contributed by atoms with Gasteiger partial charge in [0.15, 0.2) is 0 Å². The maximum atomic E-state index is 5.99. The Morgan fingerprint density at radius 3 is 2.38 bits per heavy atom. The van der Waals surface area contributed by atoms with Crippen LogP contribution in [-0.2, 0) is 5.41 Å². The second-order valence-corrected chi connectivity index (χ2v) is 6.28. The van der Waals surface area contributed by atoms with E-state index in [4.69, 9.17) is 10.7 Å². The van der Waals surface area contributed by atoms with E-state index in [1.165, 1.54) is 10.8 Å². The molecule has 0 unspecified atom stereocenters. The molecule has 0 aliphatic carbocycles. The second-order valence-electron chi connectivity index (χ2n) is 6.28. The Hall–Kier alpha value is -2.42. The number of aromatic nitrogens is 2. The van der Waals surface area contributed by atoms with Crippen molar-refractivity contribution in [2.24, 2.45) is 0 Å². The minimum Gasteiger partial charge on any atom is -0.384 e. The van der Waals surface area contributed by atoms with Crippen molar-refractivity contribution in [3.63, 3.8) is 0 Å². The van der Waals surface area contributed by atoms with Crippen LogP contribution in [0.25, 0.3) is 22.0 Å². The highest BCUT2D eigenvalue weighted by molar-refractivity contribution is 5.95. The van der Waals surface area contributed by atoms with E-state index in [0.717, 1.165) is 17.1 Å². The molecule has 0 atom stereocenters. The van der Waals surface area contributed by atoms with Crippen LogP contribution in [0.3, 0.4) is 0 Å². The summed E-state index contributed by atoms with van der Waals surface area (Å²) in [5, 5.41) is 2.38. The fourth-order valence-electron chi connectivity index (χ4n) is 2.39. The maximum absolute atomic E-state index is 5.99. The molecule has 0 fully saturated rings. The van der Waals surface area contributed by atoms with Gasteiger partial charge >= 0.3 is 0 Å². The molecule has 2 aromatic carbocycles. The summed E-state index contributed by atoms with van der Waals surface area (Å²) in [5.41, 5.74) is 7.83. The minimum absolute atomic E-state index is 0.130. The van der Waals surface area contributed by atoms with Crippen molar-refractivity contribution in [2.75, 3.05) is 5.73 Å². The monoisotopic (exact) mass is 277 g/mol. The number of hydrogen-bond acceptors (Lipinski definition) is 3. The molecule has 0 radical (unpaired) electrons. The third-order valence-electron chi connectivity index (χ3n) is 3.48. The van der Waals surface area contributed by atoms with Gasteiger partial charge in [-0.05, 0) is 10.8 Å². The number of hydrogen-bond donors (Lipinski definition) is 1. The van der Waals surface area contributed by atoms with Crippen molar-refractivity contribution in [3.8, 4) is 11.3 Å². The lowest BCUT2D eigenvalue weighted by molar-refractivity contribution is 0.547. The lowest BCUT2D eigenvalue weighted by Crippen LogP contribution is -2.17. The van der Waals surface area contributed by atoms with E-state index in [1.807, 2.05) is 24.3 Å². The Morgan fingerprint density at radius 1 is 0.905 bits per heavy atom. The van der Waals surface area contributed by atoms with Crippen molar-refractivity contribution < 1.29 is 0 Å². The first kappa shape index (κ1) is 13.6. The van der Waals surface area contributed by atoms with Gasteiger partial charge in [-0.3, -0.25) is 0 Å². The Bertz CT molecular complexity index is 796. The zero-order chi connectivity index (χ0) is 15.0. The molecule has 0 saturated heterocycles. The highest BCUT2D eigenvalue weighted by Crippen LogP contribution is 2.29. The van der Waals surface area contributed by atoms with Gasteiger partial charge in [0, 0.05) is 17.0 Å². The maximum Gasteiger partial charge on any atom is 0.136 e. The summed E-state index contributed by atoms with van der Waals surface area (Å²) < 4.78 is 0. The summed E-state index contributed by atoms with van der Waals surface area (Å²) in [6, 6.07) is 16.4. The SMILES string of the molecule is CC(C)(C)c1nc(N)cc(-c2cccc3ccccc23)n1. The van der Waals surface area contributed by atoms with Crippen LogP contribution in [0.5, 0.6) is 0 Å². The van der Waals surface area contributed by atoms with Crippen LogP contribution in [-0.4, -0.2) is 9.97 Å². The second kappa shape index (κ2) is 4.85. The Kier molecular flexibility index (Phi) is 3.13. The number of rotatable bonds is 1. The number of benzene rings is 2. The Labute approximate surface area is 124 Å². The van der Waals surface area contributed by atoms with Gasteiger partial charge in [-0.15, -0.1) is 0 Å². The Balaban J connectivity index is 2.26. The summed E-state index contributed by atoms with van der Waals surface area (Å²) in [6.45, 7) is 6.28. The van der Waals surface area contributed by atoms with Crippen LogP contribution in [0.2, 0.25) is 0 Å². The van der Waals surface area contributed by atoms with Gasteiger partial charge in [-0.1, -0.05) is 63.2 Å². The van der Waals surface area contributed by atoms with Crippen LogP contribution in [0.1, 0.15) is 26.6 Å².